The van der Waals surface area contributed by atoms with Crippen molar-refractivity contribution in [2.45, 2.75) is 0 Å². The van der Waals surface area contributed by atoms with Gasteiger partial charge < -0.3 is 4.42 Å². The molecule has 0 bridgehead atoms. The Hall–Kier alpha value is -8.73. The van der Waals surface area contributed by atoms with Crippen molar-refractivity contribution in [3.8, 4) is 89.8 Å². The van der Waals surface area contributed by atoms with Gasteiger partial charge in [0.25, 0.3) is 0 Å². The first-order valence-electron chi connectivity index (χ1n) is 21.9. The number of nitrogens with zero attached hydrogens (tertiary/aromatic N) is 3. The number of rotatable bonds is 8. The lowest BCUT2D eigenvalue weighted by Gasteiger charge is -2.11. The molecule has 12 aromatic rings. The highest BCUT2D eigenvalue weighted by molar-refractivity contribution is 6.15. The van der Waals surface area contributed by atoms with Gasteiger partial charge in [-0.1, -0.05) is 218 Å². The van der Waals surface area contributed by atoms with Crippen LogP contribution in [-0.4, -0.2) is 15.0 Å². The number of aromatic nitrogens is 3. The maximum atomic E-state index is 6.78. The van der Waals surface area contributed by atoms with Crippen LogP contribution in [-0.2, 0) is 0 Å². The number of hydrogen-bond donors (Lipinski definition) is 0. The number of para-hydroxylation sites is 1. The van der Waals surface area contributed by atoms with E-state index in [1.165, 1.54) is 33.0 Å². The van der Waals surface area contributed by atoms with Crippen LogP contribution < -0.4 is 0 Å². The Balaban J connectivity index is 0.982. The predicted octanol–water partition coefficient (Wildman–Crippen LogP) is 16.3. The molecule has 0 spiro atoms. The van der Waals surface area contributed by atoms with E-state index in [0.717, 1.165) is 72.0 Å². The van der Waals surface area contributed by atoms with Crippen LogP contribution in [0.25, 0.3) is 123 Å². The van der Waals surface area contributed by atoms with E-state index in [4.69, 9.17) is 19.4 Å². The minimum atomic E-state index is 0.576. The largest absolute Gasteiger partial charge is 0.455 e. The maximum Gasteiger partial charge on any atom is 0.164 e. The van der Waals surface area contributed by atoms with Gasteiger partial charge in [-0.25, -0.2) is 15.0 Å². The highest BCUT2D eigenvalue weighted by atomic mass is 16.3. The zero-order chi connectivity index (χ0) is 43.1. The third-order valence-corrected chi connectivity index (χ3v) is 12.4. The minimum absolute atomic E-state index is 0.576. The van der Waals surface area contributed by atoms with Gasteiger partial charge >= 0.3 is 0 Å². The molecular weight excluding hydrogens is 791 g/mol. The van der Waals surface area contributed by atoms with Crippen LogP contribution in [0.1, 0.15) is 0 Å². The second kappa shape index (κ2) is 16.2. The van der Waals surface area contributed by atoms with Crippen molar-refractivity contribution >= 4 is 32.7 Å². The molecule has 0 saturated heterocycles. The van der Waals surface area contributed by atoms with Crippen LogP contribution in [0.2, 0.25) is 0 Å². The first-order valence-corrected chi connectivity index (χ1v) is 21.9. The summed E-state index contributed by atoms with van der Waals surface area (Å²) in [4.78, 5) is 15.7. The fourth-order valence-corrected chi connectivity index (χ4v) is 9.11. The Kier molecular flexibility index (Phi) is 9.46. The van der Waals surface area contributed by atoms with Crippen molar-refractivity contribution in [1.29, 1.82) is 0 Å². The second-order valence-corrected chi connectivity index (χ2v) is 16.3. The fourth-order valence-electron chi connectivity index (χ4n) is 9.11. The minimum Gasteiger partial charge on any atom is -0.455 e. The number of fused-ring (bicyclic) bond motifs is 4. The molecule has 2 aromatic heterocycles. The van der Waals surface area contributed by atoms with Crippen LogP contribution in [0.3, 0.4) is 0 Å². The summed E-state index contributed by atoms with van der Waals surface area (Å²) in [5, 5.41) is 4.40. The summed E-state index contributed by atoms with van der Waals surface area (Å²) < 4.78 is 6.78. The summed E-state index contributed by atoms with van der Waals surface area (Å²) in [5.41, 5.74) is 15.7. The molecular formula is C61H39N3O. The number of hydrogen-bond acceptors (Lipinski definition) is 4. The van der Waals surface area contributed by atoms with Crippen LogP contribution in [0, 0.1) is 0 Å². The summed E-state index contributed by atoms with van der Waals surface area (Å²) in [6, 6.07) is 82.9. The monoisotopic (exact) mass is 829 g/mol. The third kappa shape index (κ3) is 7.13. The molecule has 0 unspecified atom stereocenters. The average molecular weight is 830 g/mol. The summed E-state index contributed by atoms with van der Waals surface area (Å²) in [7, 11) is 0. The average Bonchev–Trinajstić information content (AvgIpc) is 3.78. The smallest absolute Gasteiger partial charge is 0.164 e. The predicted molar refractivity (Wildman–Crippen MR) is 268 cm³/mol. The van der Waals surface area contributed by atoms with Gasteiger partial charge in [-0.2, -0.15) is 0 Å². The zero-order valence-corrected chi connectivity index (χ0v) is 35.3. The Bertz CT molecular complexity index is 3680. The molecule has 0 atom stereocenters. The number of benzene rings is 10. The summed E-state index contributed by atoms with van der Waals surface area (Å²) in [6.07, 6.45) is 0. The molecule has 0 radical (unpaired) electrons. The van der Waals surface area contributed by atoms with Gasteiger partial charge in [-0.3, -0.25) is 0 Å². The highest BCUT2D eigenvalue weighted by Crippen LogP contribution is 2.41. The summed E-state index contributed by atoms with van der Waals surface area (Å²) in [6.45, 7) is 0. The van der Waals surface area contributed by atoms with Gasteiger partial charge in [0.2, 0.25) is 0 Å². The lowest BCUT2D eigenvalue weighted by atomic mass is 9.97. The van der Waals surface area contributed by atoms with Gasteiger partial charge in [0, 0.05) is 33.0 Å². The van der Waals surface area contributed by atoms with E-state index in [0.29, 0.717) is 17.5 Å². The quantitative estimate of drug-likeness (QED) is 0.153. The molecule has 0 aliphatic heterocycles. The van der Waals surface area contributed by atoms with Crippen molar-refractivity contribution in [2.75, 3.05) is 0 Å². The standard InChI is InChI=1S/C61H39N3O/c1-3-14-40(15-4-1)47-20-9-21-48(38-47)42-30-34-45(35-31-42)59-62-60(46-36-32-44(33-37-46)52-25-11-19-43-18-7-8-24-51(43)52)64-61(63-59)55-28-13-29-56-57(55)54-27-12-26-53(58(54)65-56)50-23-10-22-49(39-50)41-16-5-2-6-17-41/h1-39H. The van der Waals surface area contributed by atoms with Gasteiger partial charge in [0.15, 0.2) is 17.5 Å². The first kappa shape index (κ1) is 38.0. The van der Waals surface area contributed by atoms with Crippen LogP contribution >= 0.6 is 0 Å². The Labute approximate surface area is 376 Å². The Morgan fingerprint density at radius 2 is 0.692 bits per heavy atom. The van der Waals surface area contributed by atoms with Gasteiger partial charge in [-0.15, -0.1) is 0 Å². The molecule has 304 valence electrons. The lowest BCUT2D eigenvalue weighted by Crippen LogP contribution is -2.00. The van der Waals surface area contributed by atoms with E-state index >= 15 is 0 Å². The Morgan fingerprint density at radius 1 is 0.262 bits per heavy atom. The Morgan fingerprint density at radius 3 is 1.37 bits per heavy atom. The molecule has 0 fully saturated rings. The van der Waals surface area contributed by atoms with Gasteiger partial charge in [-0.05, 0) is 79.0 Å². The molecule has 0 N–H and O–H groups in total. The van der Waals surface area contributed by atoms with Gasteiger partial charge in [0.05, 0.1) is 0 Å². The van der Waals surface area contributed by atoms with Crippen molar-refractivity contribution in [3.05, 3.63) is 237 Å². The van der Waals surface area contributed by atoms with E-state index in [1.807, 2.05) is 24.3 Å². The van der Waals surface area contributed by atoms with E-state index in [-0.39, 0.29) is 0 Å². The molecule has 10 aromatic carbocycles. The van der Waals surface area contributed by atoms with E-state index in [9.17, 15) is 0 Å². The van der Waals surface area contributed by atoms with Crippen molar-refractivity contribution in [3.63, 3.8) is 0 Å². The van der Waals surface area contributed by atoms with Crippen LogP contribution in [0.15, 0.2) is 241 Å². The third-order valence-electron chi connectivity index (χ3n) is 12.4. The first-order chi connectivity index (χ1) is 32.2. The lowest BCUT2D eigenvalue weighted by molar-refractivity contribution is 0.670. The normalized spacial score (nSPS) is 11.4. The molecule has 12 rings (SSSR count). The second-order valence-electron chi connectivity index (χ2n) is 16.3. The molecule has 65 heavy (non-hydrogen) atoms. The molecule has 4 nitrogen and oxygen atoms in total. The van der Waals surface area contributed by atoms with Crippen molar-refractivity contribution in [1.82, 2.24) is 15.0 Å². The molecule has 0 aliphatic carbocycles. The van der Waals surface area contributed by atoms with Crippen molar-refractivity contribution < 1.29 is 4.42 Å². The summed E-state index contributed by atoms with van der Waals surface area (Å²) in [5.74, 6) is 1.76. The van der Waals surface area contributed by atoms with Crippen molar-refractivity contribution in [2.24, 2.45) is 0 Å². The summed E-state index contributed by atoms with van der Waals surface area (Å²) >= 11 is 0. The molecule has 0 aliphatic rings. The van der Waals surface area contributed by atoms with Gasteiger partial charge in [0.1, 0.15) is 11.2 Å². The fraction of sp³-hybridized carbons (Fsp3) is 0. The van der Waals surface area contributed by atoms with E-state index in [1.54, 1.807) is 0 Å². The van der Waals surface area contributed by atoms with Crippen LogP contribution in [0.4, 0.5) is 0 Å². The molecule has 0 saturated carbocycles. The number of furan rings is 1. The molecule has 2 heterocycles. The maximum absolute atomic E-state index is 6.78. The highest BCUT2D eigenvalue weighted by Gasteiger charge is 2.20. The SMILES string of the molecule is c1ccc(-c2cccc(-c3ccc(-c4nc(-c5ccc(-c6cccc7ccccc67)cc5)nc(-c5cccc6oc7c(-c8cccc(-c9ccccc9)c8)cccc7c56)n4)cc3)c2)cc1. The van der Waals surface area contributed by atoms with Crippen LogP contribution in [0.5, 0.6) is 0 Å². The zero-order valence-electron chi connectivity index (χ0n) is 35.3. The van der Waals surface area contributed by atoms with E-state index < -0.39 is 0 Å². The van der Waals surface area contributed by atoms with E-state index in [2.05, 4.69) is 212 Å². The topological polar surface area (TPSA) is 51.8 Å². The molecule has 4 heteroatoms. The molecule has 0 amide bonds.